The van der Waals surface area contributed by atoms with E-state index in [9.17, 15) is 0 Å². The van der Waals surface area contributed by atoms with E-state index in [2.05, 4.69) is 45.0 Å². The second kappa shape index (κ2) is 6.70. The summed E-state index contributed by atoms with van der Waals surface area (Å²) in [5.74, 6) is 0. The van der Waals surface area contributed by atoms with Gasteiger partial charge in [-0.1, -0.05) is 0 Å². The van der Waals surface area contributed by atoms with Gasteiger partial charge >= 0.3 is 126 Å². The van der Waals surface area contributed by atoms with Gasteiger partial charge in [-0.2, -0.15) is 0 Å². The molecule has 3 nitrogen and oxygen atoms in total. The standard InChI is InChI=1S/C12H22INO2SiTe/c1-3-18(13,4-2)12-17-11-5-6-14(7-9-15-17)8-10-16-17/h3-4H,1-2,5-12H2. The Kier molecular flexibility index (Phi) is 5.76. The summed E-state index contributed by atoms with van der Waals surface area (Å²) in [5.41, 5.74) is 0. The fourth-order valence-electron chi connectivity index (χ4n) is 2.49. The van der Waals surface area contributed by atoms with Crippen molar-refractivity contribution < 1.29 is 8.85 Å². The molecule has 0 aromatic heterocycles. The number of hydrogen-bond acceptors (Lipinski definition) is 3. The van der Waals surface area contributed by atoms with Crippen molar-refractivity contribution >= 4 is 41.5 Å². The van der Waals surface area contributed by atoms with E-state index in [1.807, 2.05) is 0 Å². The van der Waals surface area contributed by atoms with E-state index in [0.717, 1.165) is 36.4 Å². The Balaban J connectivity index is 2.14. The predicted octanol–water partition coefficient (Wildman–Crippen LogP) is 2.55. The maximum atomic E-state index is 6.26. The van der Waals surface area contributed by atoms with Crippen molar-refractivity contribution in [2.45, 2.75) is 16.6 Å². The average molecular weight is 495 g/mol. The molecule has 3 fully saturated rings. The third-order valence-corrected chi connectivity index (χ3v) is 28.8. The summed E-state index contributed by atoms with van der Waals surface area (Å²) < 4.78 is 18.0. The number of nitrogens with zero attached hydrogens (tertiary/aromatic N) is 1. The zero-order valence-electron chi connectivity index (χ0n) is 10.8. The molecule has 0 saturated carbocycles. The Morgan fingerprint density at radius 3 is 2.33 bits per heavy atom. The summed E-state index contributed by atoms with van der Waals surface area (Å²) in [5, 5.41) is 0. The van der Waals surface area contributed by atoms with Crippen LogP contribution in [0.2, 0.25) is 10.1 Å². The summed E-state index contributed by atoms with van der Waals surface area (Å²) >= 11 is 0.427. The Hall–Kier alpha value is 1.10. The van der Waals surface area contributed by atoms with Gasteiger partial charge in [-0.3, -0.25) is 0 Å². The first-order chi connectivity index (χ1) is 8.61. The molecule has 0 aromatic rings. The van der Waals surface area contributed by atoms with Crippen molar-refractivity contribution in [3.63, 3.8) is 0 Å². The van der Waals surface area contributed by atoms with Gasteiger partial charge in [-0.15, -0.1) is 0 Å². The molecule has 2 bridgehead atoms. The van der Waals surface area contributed by atoms with E-state index in [4.69, 9.17) is 8.85 Å². The van der Waals surface area contributed by atoms with Crippen LogP contribution in [0.1, 0.15) is 6.42 Å². The number of halogens is 1. The molecule has 0 aromatic carbocycles. The van der Waals surface area contributed by atoms with Crippen molar-refractivity contribution in [3.05, 3.63) is 21.4 Å². The fourth-order valence-corrected chi connectivity index (χ4v) is 26.1. The molecule has 6 heteroatoms. The zero-order valence-corrected chi connectivity index (χ0v) is 16.3. The Labute approximate surface area is 125 Å². The second-order valence-corrected chi connectivity index (χ2v) is 27.7. The average Bonchev–Trinajstić information content (AvgIpc) is 2.30. The van der Waals surface area contributed by atoms with Gasteiger partial charge < -0.3 is 0 Å². The topological polar surface area (TPSA) is 21.7 Å². The molecule has 0 radical (unpaired) electrons. The summed E-state index contributed by atoms with van der Waals surface area (Å²) in [6.07, 6.45) is 1.22. The van der Waals surface area contributed by atoms with Crippen LogP contribution < -0.4 is 0 Å². The maximum absolute atomic E-state index is 6.26. The van der Waals surface area contributed by atoms with Crippen LogP contribution in [0.15, 0.2) is 21.4 Å². The normalized spacial score (nSPS) is 34.2. The number of hydrogen-bond donors (Lipinski definition) is 0. The fraction of sp³-hybridized carbons (Fsp3) is 0.667. The van der Waals surface area contributed by atoms with Gasteiger partial charge in [0.25, 0.3) is 0 Å². The van der Waals surface area contributed by atoms with Crippen LogP contribution in [-0.4, -0.2) is 60.5 Å². The minimum absolute atomic E-state index is 0.843. The van der Waals surface area contributed by atoms with Crippen LogP contribution in [0.5, 0.6) is 0 Å². The molecule has 0 amide bonds. The molecule has 0 atom stereocenters. The van der Waals surface area contributed by atoms with Gasteiger partial charge in [0.2, 0.25) is 0 Å². The quantitative estimate of drug-likeness (QED) is 0.443. The van der Waals surface area contributed by atoms with Crippen LogP contribution in [0.3, 0.4) is 0 Å². The van der Waals surface area contributed by atoms with Gasteiger partial charge in [-0.05, 0) is 0 Å². The summed E-state index contributed by atoms with van der Waals surface area (Å²) in [4.78, 5) is 2.46. The molecular formula is C12H22INO2SiTe. The van der Waals surface area contributed by atoms with E-state index in [0.29, 0.717) is 0 Å². The SMILES string of the molecule is C=C[Te](I)(C=C)C[Si]12CCCN(CCO1)CCO2. The van der Waals surface area contributed by atoms with Crippen molar-refractivity contribution in [1.29, 1.82) is 0 Å². The first-order valence-electron chi connectivity index (χ1n) is 6.37. The summed E-state index contributed by atoms with van der Waals surface area (Å²) in [6.45, 7) is 13.1. The third kappa shape index (κ3) is 3.81. The van der Waals surface area contributed by atoms with E-state index in [1.54, 1.807) is 0 Å². The molecule has 0 unspecified atom stereocenters. The Morgan fingerprint density at radius 2 is 1.78 bits per heavy atom. The van der Waals surface area contributed by atoms with E-state index < -0.39 is 22.8 Å². The molecule has 3 aliphatic rings. The number of fused-ring (bicyclic) bond motifs is 6. The van der Waals surface area contributed by atoms with Crippen LogP contribution in [-0.2, 0) is 8.85 Å². The van der Waals surface area contributed by atoms with E-state index in [1.165, 1.54) is 13.0 Å². The van der Waals surface area contributed by atoms with Crippen molar-refractivity contribution in [2.75, 3.05) is 32.8 Å². The van der Waals surface area contributed by atoms with Crippen LogP contribution in [0.25, 0.3) is 0 Å². The summed E-state index contributed by atoms with van der Waals surface area (Å²) in [7, 11) is -2.00. The zero-order chi connectivity index (χ0) is 13.1. The van der Waals surface area contributed by atoms with E-state index in [-0.39, 0.29) is 0 Å². The minimum atomic E-state index is -2.18. The molecule has 0 aliphatic carbocycles. The first-order valence-corrected chi connectivity index (χ1v) is 19.7. The molecule has 0 spiro atoms. The first kappa shape index (κ1) is 15.5. The number of rotatable bonds is 4. The second-order valence-electron chi connectivity index (χ2n) is 4.79. The van der Waals surface area contributed by atoms with Crippen LogP contribution in [0, 0.1) is 0 Å². The molecule has 3 rings (SSSR count). The van der Waals surface area contributed by atoms with Gasteiger partial charge in [0.05, 0.1) is 0 Å². The van der Waals surface area contributed by atoms with Crippen LogP contribution >= 0.6 is 18.7 Å². The Bertz CT molecular complexity index is 295. The van der Waals surface area contributed by atoms with Crippen LogP contribution in [0.4, 0.5) is 0 Å². The predicted molar refractivity (Wildman–Crippen MR) is 88.5 cm³/mol. The van der Waals surface area contributed by atoms with Crippen molar-refractivity contribution in [2.24, 2.45) is 0 Å². The molecular weight excluding hydrogens is 473 g/mol. The van der Waals surface area contributed by atoms with Gasteiger partial charge in [0.1, 0.15) is 0 Å². The molecule has 104 valence electrons. The van der Waals surface area contributed by atoms with Gasteiger partial charge in [0.15, 0.2) is 0 Å². The third-order valence-electron chi connectivity index (χ3n) is 3.57. The van der Waals surface area contributed by atoms with Crippen molar-refractivity contribution in [1.82, 2.24) is 4.90 Å². The molecule has 3 aliphatic heterocycles. The van der Waals surface area contributed by atoms with E-state index >= 15 is 0 Å². The summed E-state index contributed by atoms with van der Waals surface area (Å²) in [6, 6.07) is 1.14. The van der Waals surface area contributed by atoms with Gasteiger partial charge in [0, 0.05) is 0 Å². The van der Waals surface area contributed by atoms with Crippen molar-refractivity contribution in [3.8, 4) is 0 Å². The monoisotopic (exact) mass is 497 g/mol. The molecule has 3 heterocycles. The Morgan fingerprint density at radius 1 is 1.17 bits per heavy atom. The molecule has 3 saturated heterocycles. The molecule has 18 heavy (non-hydrogen) atoms. The van der Waals surface area contributed by atoms with Gasteiger partial charge in [-0.25, -0.2) is 0 Å². The molecule has 0 N–H and O–H groups in total.